The second-order valence-corrected chi connectivity index (χ2v) is 14.5. The maximum absolute atomic E-state index is 13.4. The topological polar surface area (TPSA) is 60.9 Å². The van der Waals surface area contributed by atoms with Gasteiger partial charge in [0, 0.05) is 38.1 Å². The number of hydrogen-bond acceptors (Lipinski definition) is 4. The van der Waals surface area contributed by atoms with E-state index in [4.69, 9.17) is 0 Å². The second-order valence-electron chi connectivity index (χ2n) is 12.6. The summed E-state index contributed by atoms with van der Waals surface area (Å²) in [6.45, 7) is 0.801. The van der Waals surface area contributed by atoms with Gasteiger partial charge >= 0.3 is 6.18 Å². The van der Waals surface area contributed by atoms with Crippen LogP contribution in [0, 0.1) is 5.92 Å². The van der Waals surface area contributed by atoms with Crippen LogP contribution in [0.3, 0.4) is 0 Å². The lowest BCUT2D eigenvalue weighted by Crippen LogP contribution is -2.47. The third kappa shape index (κ3) is 8.39. The monoisotopic (exact) mass is 621 g/mol. The van der Waals surface area contributed by atoms with Crippen LogP contribution in [-0.2, 0) is 27.4 Å². The van der Waals surface area contributed by atoms with E-state index in [1.54, 1.807) is 11.9 Å². The van der Waals surface area contributed by atoms with Gasteiger partial charge in [0.05, 0.1) is 10.5 Å². The predicted octanol–water partition coefficient (Wildman–Crippen LogP) is 6.61. The molecule has 238 valence electrons. The van der Waals surface area contributed by atoms with Crippen molar-refractivity contribution in [3.63, 3.8) is 0 Å². The summed E-state index contributed by atoms with van der Waals surface area (Å²) in [5.74, 6) is 0.407. The molecule has 0 spiro atoms. The Morgan fingerprint density at radius 2 is 1.67 bits per heavy atom. The number of sulfonamides is 1. The Bertz CT molecular complexity index is 1310. The van der Waals surface area contributed by atoms with Crippen LogP contribution < -0.4 is 0 Å². The molecule has 43 heavy (non-hydrogen) atoms. The Morgan fingerprint density at radius 3 is 2.33 bits per heavy atom. The van der Waals surface area contributed by atoms with Gasteiger partial charge in [0.1, 0.15) is 0 Å². The number of piperidine rings is 1. The van der Waals surface area contributed by atoms with Crippen LogP contribution in [0.15, 0.2) is 59.5 Å². The molecule has 2 aromatic rings. The molecule has 2 fully saturated rings. The molecule has 0 bridgehead atoms. The molecule has 10 heteroatoms. The number of nitrogens with zero attached hydrogens (tertiary/aromatic N) is 3. The Morgan fingerprint density at radius 1 is 0.977 bits per heavy atom. The average molecular weight is 622 g/mol. The minimum absolute atomic E-state index is 0.0303. The number of amides is 1. The highest BCUT2D eigenvalue weighted by molar-refractivity contribution is 7.89. The van der Waals surface area contributed by atoms with Gasteiger partial charge in [-0.05, 0) is 102 Å². The molecule has 0 N–H and O–H groups in total. The molecule has 1 amide bonds. The van der Waals surface area contributed by atoms with Crippen molar-refractivity contribution >= 4 is 15.9 Å². The number of halogens is 3. The van der Waals surface area contributed by atoms with Gasteiger partial charge in [-0.2, -0.15) is 17.5 Å². The van der Waals surface area contributed by atoms with Crippen LogP contribution in [0.4, 0.5) is 13.2 Å². The van der Waals surface area contributed by atoms with Crippen LogP contribution in [0.1, 0.15) is 75.3 Å². The summed E-state index contributed by atoms with van der Waals surface area (Å²) >= 11 is 0. The largest absolute Gasteiger partial charge is 0.416 e. The van der Waals surface area contributed by atoms with Crippen molar-refractivity contribution in [1.29, 1.82) is 0 Å². The zero-order chi connectivity index (χ0) is 31.3. The summed E-state index contributed by atoms with van der Waals surface area (Å²) in [4.78, 5) is 17.0. The van der Waals surface area contributed by atoms with Crippen molar-refractivity contribution < 1.29 is 26.4 Å². The van der Waals surface area contributed by atoms with Gasteiger partial charge in [0.25, 0.3) is 0 Å². The molecule has 4 rings (SSSR count). The van der Waals surface area contributed by atoms with Crippen molar-refractivity contribution in [3.8, 4) is 0 Å². The second kappa shape index (κ2) is 14.1. The first-order valence-electron chi connectivity index (χ1n) is 15.5. The molecule has 1 saturated heterocycles. The van der Waals surface area contributed by atoms with Crippen LogP contribution in [0.5, 0.6) is 0 Å². The molecule has 1 heterocycles. The summed E-state index contributed by atoms with van der Waals surface area (Å²) in [5, 5.41) is 0. The number of carbonyl (C=O) groups excluding carboxylic acids is 1. The van der Waals surface area contributed by atoms with Crippen LogP contribution >= 0.6 is 0 Å². The molecule has 0 radical (unpaired) electrons. The van der Waals surface area contributed by atoms with Crippen LogP contribution in [0.25, 0.3) is 0 Å². The van der Waals surface area contributed by atoms with E-state index in [0.29, 0.717) is 31.4 Å². The molecule has 2 aliphatic rings. The first kappa shape index (κ1) is 33.5. The Balaban J connectivity index is 1.30. The Kier molecular flexibility index (Phi) is 11.0. The minimum Gasteiger partial charge on any atom is -0.346 e. The molecule has 0 aromatic heterocycles. The number of alkyl halides is 3. The van der Waals surface area contributed by atoms with Crippen LogP contribution in [-0.4, -0.2) is 74.2 Å². The highest BCUT2D eigenvalue weighted by Crippen LogP contribution is 2.40. The predicted molar refractivity (Wildman–Crippen MR) is 163 cm³/mol. The SMILES string of the molecule is CN(CCC1CCC(CCc2ccccc2)(N(C)C)CC1)C(=O)CC1CCCCN1S(=O)(=O)c1cccc(C(F)(F)F)c1. The lowest BCUT2D eigenvalue weighted by Gasteiger charge is -2.45. The van der Waals surface area contributed by atoms with E-state index >= 15 is 0 Å². The van der Waals surface area contributed by atoms with Gasteiger partial charge in [-0.25, -0.2) is 8.42 Å². The third-order valence-corrected chi connectivity index (χ3v) is 11.7. The molecule has 1 unspecified atom stereocenters. The van der Waals surface area contributed by atoms with Crippen molar-refractivity contribution in [2.24, 2.45) is 5.92 Å². The van der Waals surface area contributed by atoms with Crippen molar-refractivity contribution in [1.82, 2.24) is 14.1 Å². The molecule has 1 atom stereocenters. The molecule has 2 aromatic carbocycles. The Hall–Kier alpha value is -2.43. The van der Waals surface area contributed by atoms with E-state index in [-0.39, 0.29) is 29.3 Å². The fourth-order valence-corrected chi connectivity index (χ4v) is 8.51. The van der Waals surface area contributed by atoms with Crippen LogP contribution in [0.2, 0.25) is 0 Å². The maximum Gasteiger partial charge on any atom is 0.416 e. The summed E-state index contributed by atoms with van der Waals surface area (Å²) < 4.78 is 67.8. The van der Waals surface area contributed by atoms with Gasteiger partial charge in [-0.1, -0.05) is 42.8 Å². The number of carbonyl (C=O) groups is 1. The molecule has 1 aliphatic heterocycles. The van der Waals surface area contributed by atoms with E-state index in [1.165, 1.54) is 15.9 Å². The normalized spacial score (nSPS) is 23.8. The summed E-state index contributed by atoms with van der Waals surface area (Å²) in [5.41, 5.74) is 0.550. The average Bonchev–Trinajstić information content (AvgIpc) is 2.99. The van der Waals surface area contributed by atoms with Gasteiger partial charge in [0.15, 0.2) is 0 Å². The smallest absolute Gasteiger partial charge is 0.346 e. The summed E-state index contributed by atoms with van der Waals surface area (Å²) in [6, 6.07) is 13.9. The quantitative estimate of drug-likeness (QED) is 0.283. The zero-order valence-corrected chi connectivity index (χ0v) is 26.5. The van der Waals surface area contributed by atoms with Gasteiger partial charge in [-0.15, -0.1) is 0 Å². The highest BCUT2D eigenvalue weighted by atomic mass is 32.2. The van der Waals surface area contributed by atoms with Gasteiger partial charge in [-0.3, -0.25) is 4.79 Å². The van der Waals surface area contributed by atoms with Crippen molar-refractivity contribution in [2.45, 2.75) is 93.3 Å². The van der Waals surface area contributed by atoms with Crippen molar-refractivity contribution in [2.75, 3.05) is 34.2 Å². The first-order chi connectivity index (χ1) is 20.3. The lowest BCUT2D eigenvalue weighted by atomic mass is 9.72. The van der Waals surface area contributed by atoms with E-state index in [1.807, 2.05) is 6.07 Å². The first-order valence-corrected chi connectivity index (χ1v) is 16.9. The fraction of sp³-hybridized carbons (Fsp3) is 0.606. The number of hydrogen-bond donors (Lipinski definition) is 0. The van der Waals surface area contributed by atoms with Crippen molar-refractivity contribution in [3.05, 3.63) is 65.7 Å². The molecular formula is C33H46F3N3O3S. The summed E-state index contributed by atoms with van der Waals surface area (Å²) in [6.07, 6.45) is 4.84. The number of rotatable bonds is 11. The number of benzene rings is 2. The molecule has 1 aliphatic carbocycles. The van der Waals surface area contributed by atoms with E-state index in [2.05, 4.69) is 43.3 Å². The summed E-state index contributed by atoms with van der Waals surface area (Å²) in [7, 11) is 1.95. The standard InChI is InChI=1S/C33H46F3N3O3S/c1-37(2)32(19-15-26-10-5-4-6-11-26)20-16-27(17-21-32)18-23-38(3)31(40)25-29-13-7-8-22-39(29)43(41,42)30-14-9-12-28(24-30)33(34,35)36/h4-6,9-12,14,24,27,29H,7-8,13,15-23,25H2,1-3H3. The molecule has 1 saturated carbocycles. The fourth-order valence-electron chi connectivity index (χ4n) is 6.77. The minimum atomic E-state index is -4.64. The lowest BCUT2D eigenvalue weighted by molar-refractivity contribution is -0.137. The van der Waals surface area contributed by atoms with E-state index < -0.39 is 27.8 Å². The van der Waals surface area contributed by atoms with Gasteiger partial charge in [0.2, 0.25) is 15.9 Å². The highest BCUT2D eigenvalue weighted by Gasteiger charge is 2.39. The Labute approximate surface area is 255 Å². The van der Waals surface area contributed by atoms with E-state index in [9.17, 15) is 26.4 Å². The zero-order valence-electron chi connectivity index (χ0n) is 25.7. The maximum atomic E-state index is 13.4. The number of aryl methyl sites for hydroxylation is 1. The molecular weight excluding hydrogens is 575 g/mol. The van der Waals surface area contributed by atoms with Gasteiger partial charge < -0.3 is 9.80 Å². The molecule has 6 nitrogen and oxygen atoms in total. The van der Waals surface area contributed by atoms with E-state index in [0.717, 1.165) is 63.5 Å². The third-order valence-electron chi connectivity index (χ3n) is 9.76.